The van der Waals surface area contributed by atoms with Gasteiger partial charge in [0.05, 0.1) is 11.8 Å². The molecule has 0 radical (unpaired) electrons. The SMILES string of the molecule is Cc1cc(C(=O)NNC(=O)c2ccco2)c(C)n1-c1ccccc1. The molecule has 2 heterocycles. The van der Waals surface area contributed by atoms with Crippen LogP contribution in [-0.4, -0.2) is 16.4 Å². The highest BCUT2D eigenvalue weighted by Gasteiger charge is 2.17. The Balaban J connectivity index is 1.78. The molecule has 1 aromatic carbocycles. The van der Waals surface area contributed by atoms with Gasteiger partial charge in [-0.05, 0) is 44.2 Å². The summed E-state index contributed by atoms with van der Waals surface area (Å²) in [6, 6.07) is 14.7. The maximum atomic E-state index is 12.4. The van der Waals surface area contributed by atoms with E-state index in [0.29, 0.717) is 5.56 Å². The molecule has 0 fully saturated rings. The van der Waals surface area contributed by atoms with Crippen LogP contribution in [0.15, 0.2) is 59.2 Å². The molecule has 0 unspecified atom stereocenters. The van der Waals surface area contributed by atoms with Crippen molar-refractivity contribution < 1.29 is 14.0 Å². The average molecular weight is 323 g/mol. The summed E-state index contributed by atoms with van der Waals surface area (Å²) in [5.41, 5.74) is 7.95. The number of nitrogens with zero attached hydrogens (tertiary/aromatic N) is 1. The number of carbonyl (C=O) groups is 2. The van der Waals surface area contributed by atoms with Crippen molar-refractivity contribution in [1.82, 2.24) is 15.4 Å². The first-order valence-electron chi connectivity index (χ1n) is 7.46. The van der Waals surface area contributed by atoms with Crippen molar-refractivity contribution in [3.05, 3.63) is 77.5 Å². The van der Waals surface area contributed by atoms with Crippen LogP contribution in [0.3, 0.4) is 0 Å². The lowest BCUT2D eigenvalue weighted by Crippen LogP contribution is -2.41. The molecule has 0 aliphatic carbocycles. The van der Waals surface area contributed by atoms with E-state index < -0.39 is 5.91 Å². The number of rotatable bonds is 3. The van der Waals surface area contributed by atoms with E-state index in [-0.39, 0.29) is 11.7 Å². The van der Waals surface area contributed by atoms with E-state index in [4.69, 9.17) is 4.42 Å². The van der Waals surface area contributed by atoms with Crippen LogP contribution in [0.25, 0.3) is 5.69 Å². The molecule has 3 rings (SSSR count). The minimum Gasteiger partial charge on any atom is -0.459 e. The van der Waals surface area contributed by atoms with Gasteiger partial charge >= 0.3 is 5.91 Å². The predicted molar refractivity (Wildman–Crippen MR) is 88.9 cm³/mol. The molecular weight excluding hydrogens is 306 g/mol. The van der Waals surface area contributed by atoms with E-state index in [1.165, 1.54) is 12.3 Å². The highest BCUT2D eigenvalue weighted by Crippen LogP contribution is 2.20. The van der Waals surface area contributed by atoms with Crippen molar-refractivity contribution in [2.75, 3.05) is 0 Å². The summed E-state index contributed by atoms with van der Waals surface area (Å²) in [6.45, 7) is 3.79. The number of hydrogen-bond donors (Lipinski definition) is 2. The number of aromatic nitrogens is 1. The van der Waals surface area contributed by atoms with E-state index in [1.807, 2.05) is 48.7 Å². The van der Waals surface area contributed by atoms with Crippen LogP contribution < -0.4 is 10.9 Å². The molecule has 3 aromatic rings. The van der Waals surface area contributed by atoms with Crippen LogP contribution in [0, 0.1) is 13.8 Å². The van der Waals surface area contributed by atoms with Crippen molar-refractivity contribution in [2.45, 2.75) is 13.8 Å². The second-order valence-corrected chi connectivity index (χ2v) is 5.34. The van der Waals surface area contributed by atoms with Gasteiger partial charge in [0.25, 0.3) is 5.91 Å². The third-order valence-corrected chi connectivity index (χ3v) is 3.72. The summed E-state index contributed by atoms with van der Waals surface area (Å²) in [6.07, 6.45) is 1.39. The molecule has 6 heteroatoms. The maximum absolute atomic E-state index is 12.4. The number of hydrogen-bond acceptors (Lipinski definition) is 3. The first-order chi connectivity index (χ1) is 11.6. The molecule has 2 amide bonds. The molecule has 0 saturated heterocycles. The third kappa shape index (κ3) is 2.94. The Kier molecular flexibility index (Phi) is 4.20. The summed E-state index contributed by atoms with van der Waals surface area (Å²) >= 11 is 0. The molecule has 122 valence electrons. The van der Waals surface area contributed by atoms with Gasteiger partial charge in [-0.1, -0.05) is 18.2 Å². The fraction of sp³-hybridized carbons (Fsp3) is 0.111. The smallest absolute Gasteiger partial charge is 0.305 e. The molecule has 0 aliphatic heterocycles. The van der Waals surface area contributed by atoms with Crippen molar-refractivity contribution in [3.63, 3.8) is 0 Å². The fourth-order valence-corrected chi connectivity index (χ4v) is 2.62. The number of hydrazine groups is 1. The molecule has 0 atom stereocenters. The zero-order chi connectivity index (χ0) is 17.1. The minimum absolute atomic E-state index is 0.130. The molecule has 0 saturated carbocycles. The number of amides is 2. The molecule has 2 aromatic heterocycles. The van der Waals surface area contributed by atoms with Crippen molar-refractivity contribution in [3.8, 4) is 5.69 Å². The number of nitrogens with one attached hydrogen (secondary N) is 2. The highest BCUT2D eigenvalue weighted by atomic mass is 16.3. The normalized spacial score (nSPS) is 10.4. The molecule has 0 aliphatic rings. The molecular formula is C18H17N3O3. The second-order valence-electron chi connectivity index (χ2n) is 5.34. The Morgan fingerprint density at radius 2 is 1.67 bits per heavy atom. The van der Waals surface area contributed by atoms with Gasteiger partial charge in [0, 0.05) is 17.1 Å². The van der Waals surface area contributed by atoms with E-state index in [0.717, 1.165) is 17.1 Å². The summed E-state index contributed by atoms with van der Waals surface area (Å²) in [5, 5.41) is 0. The van der Waals surface area contributed by atoms with Gasteiger partial charge in [-0.25, -0.2) is 0 Å². The maximum Gasteiger partial charge on any atom is 0.305 e. The Hall–Kier alpha value is -3.28. The van der Waals surface area contributed by atoms with Gasteiger partial charge in [-0.15, -0.1) is 0 Å². The van der Waals surface area contributed by atoms with Gasteiger partial charge in [-0.3, -0.25) is 20.4 Å². The van der Waals surface area contributed by atoms with E-state index in [1.54, 1.807) is 12.1 Å². The molecule has 6 nitrogen and oxygen atoms in total. The van der Waals surface area contributed by atoms with Crippen molar-refractivity contribution in [2.24, 2.45) is 0 Å². The van der Waals surface area contributed by atoms with Gasteiger partial charge < -0.3 is 8.98 Å². The molecule has 0 spiro atoms. The van der Waals surface area contributed by atoms with Crippen molar-refractivity contribution >= 4 is 11.8 Å². The zero-order valence-electron chi connectivity index (χ0n) is 13.4. The fourth-order valence-electron chi connectivity index (χ4n) is 2.62. The molecule has 2 N–H and O–H groups in total. The zero-order valence-corrected chi connectivity index (χ0v) is 13.4. The molecule has 0 bridgehead atoms. The van der Waals surface area contributed by atoms with Crippen molar-refractivity contribution in [1.29, 1.82) is 0 Å². The predicted octanol–water partition coefficient (Wildman–Crippen LogP) is 2.76. The standard InChI is InChI=1S/C18H17N3O3/c1-12-11-15(13(2)21(12)14-7-4-3-5-8-14)17(22)19-20-18(23)16-9-6-10-24-16/h3-11H,1-2H3,(H,19,22)(H,20,23). The topological polar surface area (TPSA) is 76.3 Å². The highest BCUT2D eigenvalue weighted by molar-refractivity contribution is 5.99. The van der Waals surface area contributed by atoms with Crippen LogP contribution in [0.2, 0.25) is 0 Å². The second kappa shape index (κ2) is 6.45. The van der Waals surface area contributed by atoms with Crippen LogP contribution in [-0.2, 0) is 0 Å². The lowest BCUT2D eigenvalue weighted by Gasteiger charge is -2.10. The Labute approximate surface area is 139 Å². The number of carbonyl (C=O) groups excluding carboxylic acids is 2. The minimum atomic E-state index is -0.509. The van der Waals surface area contributed by atoms with Gasteiger partial charge in [0.15, 0.2) is 5.76 Å². The monoisotopic (exact) mass is 323 g/mol. The largest absolute Gasteiger partial charge is 0.459 e. The lowest BCUT2D eigenvalue weighted by molar-refractivity contribution is 0.0830. The number of para-hydroxylation sites is 1. The first-order valence-corrected chi connectivity index (χ1v) is 7.46. The van der Waals surface area contributed by atoms with E-state index in [9.17, 15) is 9.59 Å². The van der Waals surface area contributed by atoms with Gasteiger partial charge in [0.2, 0.25) is 0 Å². The van der Waals surface area contributed by atoms with E-state index in [2.05, 4.69) is 10.9 Å². The van der Waals surface area contributed by atoms with Crippen LogP contribution in [0.1, 0.15) is 32.3 Å². The van der Waals surface area contributed by atoms with Crippen LogP contribution in [0.4, 0.5) is 0 Å². The first kappa shape index (κ1) is 15.6. The third-order valence-electron chi connectivity index (χ3n) is 3.72. The Morgan fingerprint density at radius 3 is 2.33 bits per heavy atom. The lowest BCUT2D eigenvalue weighted by atomic mass is 10.2. The van der Waals surface area contributed by atoms with Crippen LogP contribution >= 0.6 is 0 Å². The summed E-state index contributed by atoms with van der Waals surface area (Å²) in [4.78, 5) is 24.2. The van der Waals surface area contributed by atoms with Crippen LogP contribution in [0.5, 0.6) is 0 Å². The summed E-state index contributed by atoms with van der Waals surface area (Å²) < 4.78 is 6.96. The Bertz CT molecular complexity index is 865. The Morgan fingerprint density at radius 1 is 0.958 bits per heavy atom. The van der Waals surface area contributed by atoms with Gasteiger partial charge in [0.1, 0.15) is 0 Å². The number of benzene rings is 1. The summed E-state index contributed by atoms with van der Waals surface area (Å²) in [5.74, 6) is -0.763. The van der Waals surface area contributed by atoms with Gasteiger partial charge in [-0.2, -0.15) is 0 Å². The molecule has 24 heavy (non-hydrogen) atoms. The van der Waals surface area contributed by atoms with E-state index >= 15 is 0 Å². The average Bonchev–Trinajstić information content (AvgIpc) is 3.21. The number of furan rings is 1. The summed E-state index contributed by atoms with van der Waals surface area (Å²) in [7, 11) is 0. The quantitative estimate of drug-likeness (QED) is 0.728. The number of aryl methyl sites for hydroxylation is 1.